The summed E-state index contributed by atoms with van der Waals surface area (Å²) >= 11 is 3.32. The molecule has 1 N–H and O–H groups in total. The third-order valence-electron chi connectivity index (χ3n) is 2.67. The van der Waals surface area contributed by atoms with E-state index in [1.807, 2.05) is 7.05 Å². The molecule has 0 aliphatic heterocycles. The molecule has 3 nitrogen and oxygen atoms in total. The van der Waals surface area contributed by atoms with Gasteiger partial charge in [-0.1, -0.05) is 13.8 Å². The van der Waals surface area contributed by atoms with Crippen LogP contribution >= 0.6 is 15.9 Å². The molecule has 0 aromatic carbocycles. The predicted molar refractivity (Wildman–Crippen MR) is 69.5 cm³/mol. The summed E-state index contributed by atoms with van der Waals surface area (Å²) in [4.78, 5) is 16.8. The molecule has 16 heavy (non-hydrogen) atoms. The van der Waals surface area contributed by atoms with Gasteiger partial charge in [0.15, 0.2) is 0 Å². The summed E-state index contributed by atoms with van der Waals surface area (Å²) in [5, 5.41) is 0. The molecule has 0 saturated carbocycles. The Kier molecular flexibility index (Phi) is 4.59. The summed E-state index contributed by atoms with van der Waals surface area (Å²) in [6.45, 7) is 6.41. The highest BCUT2D eigenvalue weighted by Crippen LogP contribution is 2.15. The monoisotopic (exact) mass is 286 g/mol. The van der Waals surface area contributed by atoms with Crippen molar-refractivity contribution in [2.75, 3.05) is 7.05 Å². The smallest absolute Gasteiger partial charge is 0.270 e. The summed E-state index contributed by atoms with van der Waals surface area (Å²) in [7, 11) is 1.85. The van der Waals surface area contributed by atoms with E-state index in [2.05, 4.69) is 41.7 Å². The van der Waals surface area contributed by atoms with Crippen LogP contribution in [0.25, 0.3) is 0 Å². The van der Waals surface area contributed by atoms with E-state index >= 15 is 0 Å². The highest BCUT2D eigenvalue weighted by Gasteiger charge is 2.19. The molecule has 0 fully saturated rings. The first-order chi connectivity index (χ1) is 7.41. The van der Waals surface area contributed by atoms with Crippen LogP contribution < -0.4 is 0 Å². The summed E-state index contributed by atoms with van der Waals surface area (Å²) in [5.74, 6) is 0.638. The number of halogens is 1. The van der Waals surface area contributed by atoms with Gasteiger partial charge in [-0.15, -0.1) is 0 Å². The molecule has 1 heterocycles. The second-order valence-electron chi connectivity index (χ2n) is 4.63. The molecule has 0 bridgehead atoms. The van der Waals surface area contributed by atoms with Crippen molar-refractivity contribution in [2.24, 2.45) is 5.92 Å². The third kappa shape index (κ3) is 3.37. The number of nitrogens with zero attached hydrogens (tertiary/aromatic N) is 1. The van der Waals surface area contributed by atoms with E-state index in [4.69, 9.17) is 0 Å². The Morgan fingerprint density at radius 2 is 2.12 bits per heavy atom. The molecule has 1 rings (SSSR count). The normalized spacial score (nSPS) is 12.9. The number of carbonyl (C=O) groups is 1. The van der Waals surface area contributed by atoms with Crippen LogP contribution in [0.3, 0.4) is 0 Å². The van der Waals surface area contributed by atoms with E-state index in [1.165, 1.54) is 0 Å². The topological polar surface area (TPSA) is 36.1 Å². The maximum absolute atomic E-state index is 12.1. The number of rotatable bonds is 4. The van der Waals surface area contributed by atoms with Gasteiger partial charge in [-0.3, -0.25) is 4.79 Å². The van der Waals surface area contributed by atoms with Crippen molar-refractivity contribution >= 4 is 21.8 Å². The fourth-order valence-corrected chi connectivity index (χ4v) is 2.07. The summed E-state index contributed by atoms with van der Waals surface area (Å²) in [5.41, 5.74) is 0.630. The number of carbonyl (C=O) groups excluding carboxylic acids is 1. The van der Waals surface area contributed by atoms with Crippen LogP contribution in [-0.4, -0.2) is 28.9 Å². The Balaban J connectivity index is 2.67. The highest BCUT2D eigenvalue weighted by atomic mass is 79.9. The molecule has 1 atom stereocenters. The molecule has 0 radical (unpaired) electrons. The molecule has 1 aromatic heterocycles. The zero-order valence-corrected chi connectivity index (χ0v) is 11.8. The van der Waals surface area contributed by atoms with Gasteiger partial charge in [0.2, 0.25) is 0 Å². The second-order valence-corrected chi connectivity index (χ2v) is 5.54. The average molecular weight is 287 g/mol. The molecule has 1 aromatic rings. The molecule has 90 valence electrons. The van der Waals surface area contributed by atoms with Crippen molar-refractivity contribution in [1.29, 1.82) is 0 Å². The molecular formula is C12H19BrN2O. The summed E-state index contributed by atoms with van der Waals surface area (Å²) < 4.78 is 0.903. The lowest BCUT2D eigenvalue weighted by Gasteiger charge is -2.25. The van der Waals surface area contributed by atoms with Crippen LogP contribution in [0.15, 0.2) is 16.7 Å². The van der Waals surface area contributed by atoms with Crippen LogP contribution in [-0.2, 0) is 0 Å². The number of aromatic nitrogens is 1. The van der Waals surface area contributed by atoms with Gasteiger partial charge in [-0.2, -0.15) is 0 Å². The molecule has 0 aliphatic rings. The number of hydrogen-bond donors (Lipinski definition) is 1. The Hall–Kier alpha value is -0.770. The second kappa shape index (κ2) is 5.53. The van der Waals surface area contributed by atoms with Crippen molar-refractivity contribution in [1.82, 2.24) is 9.88 Å². The van der Waals surface area contributed by atoms with Crippen molar-refractivity contribution in [3.63, 3.8) is 0 Å². The van der Waals surface area contributed by atoms with Crippen LogP contribution in [0.2, 0.25) is 0 Å². The molecule has 1 unspecified atom stereocenters. The van der Waals surface area contributed by atoms with E-state index in [0.29, 0.717) is 11.6 Å². The molecule has 0 aliphatic carbocycles. The molecule has 0 saturated heterocycles. The maximum Gasteiger partial charge on any atom is 0.270 e. The Bertz CT molecular complexity index is 360. The first-order valence-corrected chi connectivity index (χ1v) is 6.32. The van der Waals surface area contributed by atoms with Gasteiger partial charge in [0.05, 0.1) is 0 Å². The fraction of sp³-hybridized carbons (Fsp3) is 0.583. The predicted octanol–water partition coefficient (Wildman–Crippen LogP) is 3.28. The number of amides is 1. The lowest BCUT2D eigenvalue weighted by atomic mass is 10.0. The number of nitrogens with one attached hydrogen (secondary N) is 1. The van der Waals surface area contributed by atoms with Crippen molar-refractivity contribution in [3.05, 3.63) is 22.4 Å². The third-order valence-corrected chi connectivity index (χ3v) is 3.13. The van der Waals surface area contributed by atoms with Crippen molar-refractivity contribution in [2.45, 2.75) is 33.2 Å². The van der Waals surface area contributed by atoms with E-state index < -0.39 is 0 Å². The zero-order valence-electron chi connectivity index (χ0n) is 10.2. The zero-order chi connectivity index (χ0) is 12.3. The highest BCUT2D eigenvalue weighted by molar-refractivity contribution is 9.10. The molecule has 4 heteroatoms. The average Bonchev–Trinajstić information content (AvgIpc) is 2.61. The van der Waals surface area contributed by atoms with Crippen molar-refractivity contribution in [3.8, 4) is 0 Å². The standard InChI is InChI=1S/C12H19BrN2O/c1-8(2)5-9(3)15(4)12(16)11-6-10(13)7-14-11/h6-9,14H,5H2,1-4H3. The van der Waals surface area contributed by atoms with Gasteiger partial charge in [0.25, 0.3) is 5.91 Å². The number of H-pyrrole nitrogens is 1. The number of aromatic amines is 1. The van der Waals surface area contributed by atoms with E-state index in [1.54, 1.807) is 17.2 Å². The van der Waals surface area contributed by atoms with Gasteiger partial charge in [0.1, 0.15) is 5.69 Å². The largest absolute Gasteiger partial charge is 0.356 e. The molecule has 1 amide bonds. The minimum absolute atomic E-state index is 0.0406. The Morgan fingerprint density at radius 3 is 2.56 bits per heavy atom. The van der Waals surface area contributed by atoms with E-state index in [0.717, 1.165) is 10.9 Å². The minimum atomic E-state index is 0.0406. The fourth-order valence-electron chi connectivity index (χ4n) is 1.72. The quantitative estimate of drug-likeness (QED) is 0.906. The van der Waals surface area contributed by atoms with Gasteiger partial charge in [-0.25, -0.2) is 0 Å². The first-order valence-electron chi connectivity index (χ1n) is 5.53. The van der Waals surface area contributed by atoms with Crippen LogP contribution in [0.1, 0.15) is 37.7 Å². The molecule has 0 spiro atoms. The first kappa shape index (κ1) is 13.3. The number of hydrogen-bond acceptors (Lipinski definition) is 1. The Morgan fingerprint density at radius 1 is 1.50 bits per heavy atom. The van der Waals surface area contributed by atoms with Gasteiger partial charge in [-0.05, 0) is 41.3 Å². The Labute approximate surface area is 105 Å². The van der Waals surface area contributed by atoms with Gasteiger partial charge < -0.3 is 9.88 Å². The summed E-state index contributed by atoms with van der Waals surface area (Å²) in [6.07, 6.45) is 2.79. The van der Waals surface area contributed by atoms with Crippen molar-refractivity contribution < 1.29 is 4.79 Å². The lowest BCUT2D eigenvalue weighted by molar-refractivity contribution is 0.0723. The maximum atomic E-state index is 12.1. The van der Waals surface area contributed by atoms with Crippen LogP contribution in [0.4, 0.5) is 0 Å². The summed E-state index contributed by atoms with van der Waals surface area (Å²) in [6, 6.07) is 2.07. The minimum Gasteiger partial charge on any atom is -0.356 e. The van der Waals surface area contributed by atoms with Crippen LogP contribution in [0.5, 0.6) is 0 Å². The SMILES string of the molecule is CC(C)CC(C)N(C)C(=O)c1cc(Br)c[nH]1. The van der Waals surface area contributed by atoms with Crippen LogP contribution in [0, 0.1) is 5.92 Å². The molecular weight excluding hydrogens is 268 g/mol. The van der Waals surface area contributed by atoms with Gasteiger partial charge in [0, 0.05) is 23.8 Å². The van der Waals surface area contributed by atoms with Gasteiger partial charge >= 0.3 is 0 Å². The van der Waals surface area contributed by atoms with E-state index in [-0.39, 0.29) is 11.9 Å². The lowest BCUT2D eigenvalue weighted by Crippen LogP contribution is -2.36. The van der Waals surface area contributed by atoms with E-state index in [9.17, 15) is 4.79 Å².